The minimum absolute atomic E-state index is 0.0455. The molecule has 1 saturated carbocycles. The van der Waals surface area contributed by atoms with Crippen LogP contribution in [0.5, 0.6) is 0 Å². The highest BCUT2D eigenvalue weighted by molar-refractivity contribution is 6.33. The molecule has 7 nitrogen and oxygen atoms in total. The van der Waals surface area contributed by atoms with Crippen LogP contribution in [0.1, 0.15) is 56.6 Å². The number of aromatic nitrogens is 1. The number of aliphatic hydroxyl groups is 2. The Morgan fingerprint density at radius 3 is 2.80 bits per heavy atom. The van der Waals surface area contributed by atoms with Crippen LogP contribution < -0.4 is 5.73 Å². The monoisotopic (exact) mass is 565 g/mol. The number of nitrogens with zero attached hydrogens (tertiary/aromatic N) is 2. The molecule has 0 bridgehead atoms. The Bertz CT molecular complexity index is 1310. The van der Waals surface area contributed by atoms with E-state index in [1.165, 1.54) is 0 Å². The third-order valence-corrected chi connectivity index (χ3v) is 9.08. The molecule has 1 aliphatic heterocycles. The minimum Gasteiger partial charge on any atom is -0.393 e. The van der Waals surface area contributed by atoms with Crippen LogP contribution in [0.25, 0.3) is 22.0 Å². The Labute approximate surface area is 241 Å². The SMILES string of the molecule is COC(CCCC(O)C1CCCN(C(=O)C2CC(N)C(O)C2)C1)c1cccc(Cl)c1-c1cnc2ccccc2c1. The van der Waals surface area contributed by atoms with Gasteiger partial charge in [0.15, 0.2) is 0 Å². The van der Waals surface area contributed by atoms with Gasteiger partial charge in [0.1, 0.15) is 0 Å². The van der Waals surface area contributed by atoms with Gasteiger partial charge in [0.05, 0.1) is 23.8 Å². The summed E-state index contributed by atoms with van der Waals surface area (Å²) in [7, 11) is 1.71. The number of carbonyl (C=O) groups is 1. The number of amides is 1. The van der Waals surface area contributed by atoms with E-state index in [4.69, 9.17) is 22.1 Å². The van der Waals surface area contributed by atoms with E-state index in [0.717, 1.165) is 53.3 Å². The molecule has 4 N–H and O–H groups in total. The third-order valence-electron chi connectivity index (χ3n) is 8.76. The number of nitrogens with two attached hydrogens (primary N) is 1. The quantitative estimate of drug-likeness (QED) is 0.333. The van der Waals surface area contributed by atoms with Crippen molar-refractivity contribution in [1.29, 1.82) is 0 Å². The van der Waals surface area contributed by atoms with Gasteiger partial charge < -0.3 is 25.6 Å². The molecule has 5 rings (SSSR count). The minimum atomic E-state index is -0.605. The number of piperidine rings is 1. The number of carbonyl (C=O) groups excluding carboxylic acids is 1. The number of para-hydroxylation sites is 1. The molecule has 2 aromatic carbocycles. The van der Waals surface area contributed by atoms with E-state index in [2.05, 4.69) is 17.1 Å². The van der Waals surface area contributed by atoms with Crippen molar-refractivity contribution < 1.29 is 19.7 Å². The van der Waals surface area contributed by atoms with E-state index in [0.29, 0.717) is 37.4 Å². The number of benzene rings is 2. The third kappa shape index (κ3) is 6.34. The summed E-state index contributed by atoms with van der Waals surface area (Å²) in [5.74, 6) is -0.0998. The van der Waals surface area contributed by atoms with Crippen LogP contribution in [0.2, 0.25) is 5.02 Å². The fraction of sp³-hybridized carbons (Fsp3) is 0.500. The van der Waals surface area contributed by atoms with Crippen LogP contribution in [-0.4, -0.2) is 64.5 Å². The molecule has 6 unspecified atom stereocenters. The summed E-state index contributed by atoms with van der Waals surface area (Å²) in [4.78, 5) is 19.6. The highest BCUT2D eigenvalue weighted by Crippen LogP contribution is 2.38. The van der Waals surface area contributed by atoms with E-state index >= 15 is 0 Å². The summed E-state index contributed by atoms with van der Waals surface area (Å²) in [6, 6.07) is 15.7. The predicted molar refractivity (Wildman–Crippen MR) is 158 cm³/mol. The Morgan fingerprint density at radius 1 is 1.20 bits per heavy atom. The molecule has 0 radical (unpaired) electrons. The number of pyridine rings is 1. The number of methoxy groups -OCH3 is 1. The lowest BCUT2D eigenvalue weighted by molar-refractivity contribution is -0.138. The van der Waals surface area contributed by atoms with E-state index < -0.39 is 12.2 Å². The van der Waals surface area contributed by atoms with Gasteiger partial charge >= 0.3 is 0 Å². The van der Waals surface area contributed by atoms with Gasteiger partial charge in [0.2, 0.25) is 5.91 Å². The standard InChI is InChI=1S/C32H40ClN3O4/c1-40-30(24-9-4-10-25(33)31(24)23-15-20-7-2-3-11-27(20)35-18-23)13-5-12-28(37)21-8-6-14-36(19-21)32(39)22-16-26(34)29(38)17-22/h2-4,7,9-11,15,18,21-22,26,28-30,37-38H,5-6,8,12-14,16-17,19,34H2,1H3. The van der Waals surface area contributed by atoms with Gasteiger partial charge in [0, 0.05) is 65.8 Å². The van der Waals surface area contributed by atoms with Crippen molar-refractivity contribution >= 4 is 28.4 Å². The van der Waals surface area contributed by atoms with Gasteiger partial charge in [0.25, 0.3) is 0 Å². The fourth-order valence-corrected chi connectivity index (χ4v) is 6.79. The first-order valence-corrected chi connectivity index (χ1v) is 14.8. The van der Waals surface area contributed by atoms with Crippen molar-refractivity contribution in [3.05, 3.63) is 65.3 Å². The zero-order chi connectivity index (χ0) is 28.2. The molecule has 40 heavy (non-hydrogen) atoms. The van der Waals surface area contributed by atoms with Crippen molar-refractivity contribution in [1.82, 2.24) is 9.88 Å². The van der Waals surface area contributed by atoms with Crippen molar-refractivity contribution in [2.75, 3.05) is 20.2 Å². The van der Waals surface area contributed by atoms with Crippen molar-refractivity contribution in [2.45, 2.75) is 69.3 Å². The lowest BCUT2D eigenvalue weighted by Gasteiger charge is -2.36. The zero-order valence-electron chi connectivity index (χ0n) is 23.1. The molecule has 214 valence electrons. The number of rotatable bonds is 9. The lowest BCUT2D eigenvalue weighted by Crippen LogP contribution is -2.45. The Balaban J connectivity index is 1.21. The number of hydrogen-bond acceptors (Lipinski definition) is 6. The average Bonchev–Trinajstić information content (AvgIpc) is 3.32. The number of fused-ring (bicyclic) bond motifs is 1. The zero-order valence-corrected chi connectivity index (χ0v) is 23.8. The molecule has 2 heterocycles. The number of aliphatic hydroxyl groups excluding tert-OH is 2. The van der Waals surface area contributed by atoms with Crippen LogP contribution in [0, 0.1) is 11.8 Å². The maximum Gasteiger partial charge on any atom is 0.225 e. The predicted octanol–water partition coefficient (Wildman–Crippen LogP) is 5.11. The number of halogens is 1. The van der Waals surface area contributed by atoms with E-state index in [1.807, 2.05) is 47.5 Å². The summed E-state index contributed by atoms with van der Waals surface area (Å²) in [5, 5.41) is 22.8. The molecule has 1 amide bonds. The molecule has 1 aromatic heterocycles. The van der Waals surface area contributed by atoms with Crippen LogP contribution in [0.15, 0.2) is 54.7 Å². The normalized spacial score (nSPS) is 24.8. The van der Waals surface area contributed by atoms with Crippen molar-refractivity contribution in [3.63, 3.8) is 0 Å². The largest absolute Gasteiger partial charge is 0.393 e. The van der Waals surface area contributed by atoms with E-state index in [9.17, 15) is 15.0 Å². The average molecular weight is 566 g/mol. The molecular weight excluding hydrogens is 526 g/mol. The summed E-state index contributed by atoms with van der Waals surface area (Å²) in [6.45, 7) is 1.26. The number of ether oxygens (including phenoxy) is 1. The summed E-state index contributed by atoms with van der Waals surface area (Å²) < 4.78 is 5.95. The first-order chi connectivity index (χ1) is 19.4. The van der Waals surface area contributed by atoms with E-state index in [-0.39, 0.29) is 29.9 Å². The molecule has 2 fully saturated rings. The Morgan fingerprint density at radius 2 is 2.02 bits per heavy atom. The first kappa shape index (κ1) is 29.0. The summed E-state index contributed by atoms with van der Waals surface area (Å²) >= 11 is 6.73. The van der Waals surface area contributed by atoms with Gasteiger partial charge in [-0.2, -0.15) is 0 Å². The topological polar surface area (TPSA) is 109 Å². The maximum absolute atomic E-state index is 13.1. The van der Waals surface area contributed by atoms with Crippen molar-refractivity contribution in [2.24, 2.45) is 17.6 Å². The smallest absolute Gasteiger partial charge is 0.225 e. The maximum atomic E-state index is 13.1. The van der Waals surface area contributed by atoms with Gasteiger partial charge in [-0.1, -0.05) is 41.9 Å². The highest BCUT2D eigenvalue weighted by atomic mass is 35.5. The van der Waals surface area contributed by atoms with Crippen LogP contribution in [0.3, 0.4) is 0 Å². The Hall–Kier alpha value is -2.55. The molecular formula is C32H40ClN3O4. The number of likely N-dealkylation sites (tertiary alicyclic amines) is 1. The number of hydrogen-bond donors (Lipinski definition) is 3. The first-order valence-electron chi connectivity index (χ1n) is 14.4. The summed E-state index contributed by atoms with van der Waals surface area (Å²) in [6.07, 6.45) is 5.46. The molecule has 8 heteroatoms. The molecule has 6 atom stereocenters. The molecule has 0 spiro atoms. The Kier molecular flexibility index (Phi) is 9.38. The molecule has 2 aliphatic rings. The second-order valence-corrected chi connectivity index (χ2v) is 11.8. The highest BCUT2D eigenvalue weighted by Gasteiger charge is 2.38. The second kappa shape index (κ2) is 13.0. The molecule has 1 aliphatic carbocycles. The van der Waals surface area contributed by atoms with Crippen LogP contribution >= 0.6 is 11.6 Å². The van der Waals surface area contributed by atoms with Gasteiger partial charge in [-0.15, -0.1) is 0 Å². The molecule has 1 saturated heterocycles. The fourth-order valence-electron chi connectivity index (χ4n) is 6.50. The van der Waals surface area contributed by atoms with Crippen molar-refractivity contribution in [3.8, 4) is 11.1 Å². The molecule has 3 aromatic rings. The van der Waals surface area contributed by atoms with Gasteiger partial charge in [-0.05, 0) is 68.7 Å². The summed E-state index contributed by atoms with van der Waals surface area (Å²) in [5.41, 5.74) is 9.75. The lowest BCUT2D eigenvalue weighted by atomic mass is 9.88. The van der Waals surface area contributed by atoms with Crippen LogP contribution in [0.4, 0.5) is 0 Å². The van der Waals surface area contributed by atoms with Gasteiger partial charge in [-0.3, -0.25) is 9.78 Å². The van der Waals surface area contributed by atoms with E-state index in [1.54, 1.807) is 7.11 Å². The van der Waals surface area contributed by atoms with Crippen LogP contribution in [-0.2, 0) is 9.53 Å². The van der Waals surface area contributed by atoms with Gasteiger partial charge in [-0.25, -0.2) is 0 Å². The second-order valence-electron chi connectivity index (χ2n) is 11.4.